The highest BCUT2D eigenvalue weighted by molar-refractivity contribution is 7.91. The number of sulfonamides is 1. The third-order valence-corrected chi connectivity index (χ3v) is 8.56. The Bertz CT molecular complexity index is 911. The summed E-state index contributed by atoms with van der Waals surface area (Å²) in [7, 11) is -3.41. The van der Waals surface area contributed by atoms with E-state index in [-0.39, 0.29) is 18.4 Å². The van der Waals surface area contributed by atoms with Crippen molar-refractivity contribution in [2.45, 2.75) is 56.2 Å². The van der Waals surface area contributed by atoms with Crippen LogP contribution < -0.4 is 5.32 Å². The molecular formula is C21H28N2O3S2. The van der Waals surface area contributed by atoms with Crippen LogP contribution in [0.2, 0.25) is 0 Å². The maximum absolute atomic E-state index is 12.6. The summed E-state index contributed by atoms with van der Waals surface area (Å²) in [6.45, 7) is 7.44. The lowest BCUT2D eigenvalue weighted by atomic mass is 9.99. The molecule has 7 heteroatoms. The quantitative estimate of drug-likeness (QED) is 0.734. The van der Waals surface area contributed by atoms with Crippen LogP contribution >= 0.6 is 11.3 Å². The molecule has 152 valence electrons. The summed E-state index contributed by atoms with van der Waals surface area (Å²) < 4.78 is 27.1. The number of nitrogens with zero attached hydrogens (tertiary/aromatic N) is 1. The predicted molar refractivity (Wildman–Crippen MR) is 113 cm³/mol. The first kappa shape index (κ1) is 21.0. The van der Waals surface area contributed by atoms with Gasteiger partial charge in [-0.25, -0.2) is 8.42 Å². The number of hydrogen-bond donors (Lipinski definition) is 1. The van der Waals surface area contributed by atoms with Crippen molar-refractivity contribution in [2.24, 2.45) is 0 Å². The molecular weight excluding hydrogens is 392 g/mol. The molecule has 1 aromatic carbocycles. The highest BCUT2D eigenvalue weighted by Crippen LogP contribution is 2.27. The van der Waals surface area contributed by atoms with Crippen LogP contribution in [0, 0.1) is 0 Å². The Morgan fingerprint density at radius 1 is 1.04 bits per heavy atom. The highest BCUT2D eigenvalue weighted by atomic mass is 32.2. The number of carbonyl (C=O) groups is 1. The zero-order valence-corrected chi connectivity index (χ0v) is 18.3. The first-order valence-electron chi connectivity index (χ1n) is 9.75. The second-order valence-electron chi connectivity index (χ2n) is 7.62. The van der Waals surface area contributed by atoms with Gasteiger partial charge in [-0.05, 0) is 48.9 Å². The van der Waals surface area contributed by atoms with Crippen LogP contribution in [0.1, 0.15) is 61.6 Å². The minimum atomic E-state index is -3.41. The van der Waals surface area contributed by atoms with Crippen molar-refractivity contribution >= 4 is 27.3 Å². The molecule has 1 aromatic heterocycles. The van der Waals surface area contributed by atoms with Crippen LogP contribution in [0.5, 0.6) is 0 Å². The number of hydrogen-bond acceptors (Lipinski definition) is 4. The molecule has 1 saturated heterocycles. The van der Waals surface area contributed by atoms with E-state index in [1.165, 1.54) is 21.2 Å². The second-order valence-corrected chi connectivity index (χ2v) is 11.0. The van der Waals surface area contributed by atoms with Gasteiger partial charge >= 0.3 is 0 Å². The lowest BCUT2D eigenvalue weighted by Gasteiger charge is -2.15. The number of benzene rings is 1. The molecule has 1 atom stereocenters. The summed E-state index contributed by atoms with van der Waals surface area (Å²) in [5.41, 5.74) is 2.33. The molecule has 0 aliphatic carbocycles. The van der Waals surface area contributed by atoms with Gasteiger partial charge in [0.1, 0.15) is 4.21 Å². The van der Waals surface area contributed by atoms with Crippen molar-refractivity contribution in [2.75, 3.05) is 13.1 Å². The van der Waals surface area contributed by atoms with Crippen molar-refractivity contribution in [3.63, 3.8) is 0 Å². The molecule has 2 heterocycles. The summed E-state index contributed by atoms with van der Waals surface area (Å²) in [5.74, 6) is 0.371. The average Bonchev–Trinajstić information content (AvgIpc) is 3.34. The smallest absolute Gasteiger partial charge is 0.252 e. The summed E-state index contributed by atoms with van der Waals surface area (Å²) >= 11 is 1.19. The van der Waals surface area contributed by atoms with E-state index in [4.69, 9.17) is 0 Å². The first-order valence-corrected chi connectivity index (χ1v) is 12.0. The van der Waals surface area contributed by atoms with Crippen molar-refractivity contribution in [3.8, 4) is 0 Å². The summed E-state index contributed by atoms with van der Waals surface area (Å²) in [6, 6.07) is 11.6. The summed E-state index contributed by atoms with van der Waals surface area (Å²) in [6.07, 6.45) is 2.01. The molecule has 28 heavy (non-hydrogen) atoms. The molecule has 1 unspecified atom stereocenters. The Morgan fingerprint density at radius 3 is 2.25 bits per heavy atom. The SMILES string of the molecule is CC(C)c1ccc(C(C)NC(=O)Cc2ccc(S(=O)(=O)N3CCCC3)s2)cc1. The first-order chi connectivity index (χ1) is 13.3. The Balaban J connectivity index is 1.60. The van der Waals surface area contributed by atoms with Crippen molar-refractivity contribution < 1.29 is 13.2 Å². The molecule has 1 aliphatic rings. The van der Waals surface area contributed by atoms with Gasteiger partial charge in [0.25, 0.3) is 10.0 Å². The fraction of sp³-hybridized carbons (Fsp3) is 0.476. The molecule has 1 fully saturated rings. The van der Waals surface area contributed by atoms with E-state index in [9.17, 15) is 13.2 Å². The van der Waals surface area contributed by atoms with Gasteiger partial charge in [0, 0.05) is 18.0 Å². The second kappa shape index (κ2) is 8.76. The highest BCUT2D eigenvalue weighted by Gasteiger charge is 2.28. The van der Waals surface area contributed by atoms with Gasteiger partial charge in [0.15, 0.2) is 0 Å². The van der Waals surface area contributed by atoms with Crippen LogP contribution in [-0.4, -0.2) is 31.7 Å². The standard InChI is InChI=1S/C21H28N2O3S2/c1-15(2)17-6-8-18(9-7-17)16(3)22-20(24)14-19-10-11-21(27-19)28(25,26)23-12-4-5-13-23/h6-11,15-16H,4-5,12-14H2,1-3H3,(H,22,24). The van der Waals surface area contributed by atoms with Crippen molar-refractivity contribution in [3.05, 3.63) is 52.4 Å². The van der Waals surface area contributed by atoms with Crippen LogP contribution in [0.25, 0.3) is 0 Å². The van der Waals surface area contributed by atoms with Gasteiger partial charge in [-0.15, -0.1) is 11.3 Å². The normalized spacial score (nSPS) is 16.4. The maximum atomic E-state index is 12.6. The van der Waals surface area contributed by atoms with E-state index >= 15 is 0 Å². The van der Waals surface area contributed by atoms with Gasteiger partial charge < -0.3 is 5.32 Å². The number of rotatable bonds is 7. The minimum Gasteiger partial charge on any atom is -0.349 e. The van der Waals surface area contributed by atoms with Crippen LogP contribution in [-0.2, 0) is 21.2 Å². The van der Waals surface area contributed by atoms with Gasteiger partial charge in [-0.1, -0.05) is 38.1 Å². The lowest BCUT2D eigenvalue weighted by Crippen LogP contribution is -2.28. The number of amides is 1. The van der Waals surface area contributed by atoms with Crippen molar-refractivity contribution in [1.82, 2.24) is 9.62 Å². The van der Waals surface area contributed by atoms with Gasteiger partial charge in [-0.3, -0.25) is 4.79 Å². The third-order valence-electron chi connectivity index (χ3n) is 5.11. The van der Waals surface area contributed by atoms with E-state index < -0.39 is 10.0 Å². The molecule has 0 radical (unpaired) electrons. The monoisotopic (exact) mass is 420 g/mol. The number of nitrogens with one attached hydrogen (secondary N) is 1. The average molecular weight is 421 g/mol. The molecule has 3 rings (SSSR count). The molecule has 0 bridgehead atoms. The Hall–Kier alpha value is -1.70. The fourth-order valence-electron chi connectivity index (χ4n) is 3.35. The molecule has 1 aliphatic heterocycles. The minimum absolute atomic E-state index is 0.0959. The molecule has 5 nitrogen and oxygen atoms in total. The molecule has 1 amide bonds. The number of thiophene rings is 1. The maximum Gasteiger partial charge on any atom is 0.252 e. The molecule has 0 saturated carbocycles. The van der Waals surface area contributed by atoms with Crippen LogP contribution in [0.3, 0.4) is 0 Å². The molecule has 2 aromatic rings. The van der Waals surface area contributed by atoms with E-state index in [1.54, 1.807) is 12.1 Å². The molecule has 1 N–H and O–H groups in total. The summed E-state index contributed by atoms with van der Waals surface area (Å²) in [5, 5.41) is 3.00. The number of carbonyl (C=O) groups excluding carboxylic acids is 1. The van der Waals surface area contributed by atoms with Gasteiger partial charge in [-0.2, -0.15) is 4.31 Å². The van der Waals surface area contributed by atoms with Gasteiger partial charge in [0.05, 0.1) is 12.5 Å². The fourth-order valence-corrected chi connectivity index (χ4v) is 6.38. The Morgan fingerprint density at radius 2 is 1.64 bits per heavy atom. The van der Waals surface area contributed by atoms with Crippen LogP contribution in [0.4, 0.5) is 0 Å². The largest absolute Gasteiger partial charge is 0.349 e. The third kappa shape index (κ3) is 4.82. The van der Waals surface area contributed by atoms with E-state index in [1.807, 2.05) is 19.1 Å². The lowest BCUT2D eigenvalue weighted by molar-refractivity contribution is -0.121. The van der Waals surface area contributed by atoms with Gasteiger partial charge in [0.2, 0.25) is 5.91 Å². The zero-order valence-electron chi connectivity index (χ0n) is 16.6. The van der Waals surface area contributed by atoms with E-state index in [0.717, 1.165) is 23.3 Å². The summed E-state index contributed by atoms with van der Waals surface area (Å²) in [4.78, 5) is 13.2. The molecule has 0 spiro atoms. The van der Waals surface area contributed by atoms with E-state index in [0.29, 0.717) is 23.2 Å². The predicted octanol–water partition coefficient (Wildman–Crippen LogP) is 4.08. The van der Waals surface area contributed by atoms with E-state index in [2.05, 4.69) is 31.3 Å². The zero-order chi connectivity index (χ0) is 20.3. The van der Waals surface area contributed by atoms with Crippen LogP contribution in [0.15, 0.2) is 40.6 Å². The Kier molecular flexibility index (Phi) is 6.58. The van der Waals surface area contributed by atoms with Crippen molar-refractivity contribution in [1.29, 1.82) is 0 Å². The topological polar surface area (TPSA) is 66.5 Å². The Labute approximate surface area is 171 Å².